The minimum atomic E-state index is -1.26. The molecule has 0 spiro atoms. The number of carboxylic acids is 1. The quantitative estimate of drug-likeness (QED) is 0.308. The first-order chi connectivity index (χ1) is 14.0. The van der Waals surface area contributed by atoms with Gasteiger partial charge in [0.25, 0.3) is 0 Å². The number of hydrogen-bond acceptors (Lipinski definition) is 4. The van der Waals surface area contributed by atoms with E-state index in [1.165, 1.54) is 0 Å². The number of benzene rings is 3. The summed E-state index contributed by atoms with van der Waals surface area (Å²) >= 11 is 0. The molecule has 1 aliphatic rings. The first-order valence-corrected chi connectivity index (χ1v) is 9.13. The highest BCUT2D eigenvalue weighted by atomic mass is 16.4. The first-order valence-electron chi connectivity index (χ1n) is 9.13. The Morgan fingerprint density at radius 1 is 0.828 bits per heavy atom. The van der Waals surface area contributed by atoms with Gasteiger partial charge in [-0.1, -0.05) is 78.4 Å². The van der Waals surface area contributed by atoms with E-state index in [1.807, 2.05) is 67.6 Å². The molecule has 0 aromatic heterocycles. The highest BCUT2D eigenvalue weighted by Crippen LogP contribution is 2.36. The van der Waals surface area contributed by atoms with Gasteiger partial charge in [0, 0.05) is 22.8 Å². The van der Waals surface area contributed by atoms with Crippen molar-refractivity contribution < 1.29 is 14.7 Å². The summed E-state index contributed by atoms with van der Waals surface area (Å²) in [7, 11) is 0. The third-order valence-electron chi connectivity index (χ3n) is 4.78. The van der Waals surface area contributed by atoms with Gasteiger partial charge in [-0.05, 0) is 18.1 Å². The Kier molecular flexibility index (Phi) is 4.79. The van der Waals surface area contributed by atoms with Crippen LogP contribution < -0.4 is 5.43 Å². The van der Waals surface area contributed by atoms with Crippen molar-refractivity contribution in [1.82, 2.24) is 5.43 Å². The van der Waals surface area contributed by atoms with Crippen LogP contribution in [0.3, 0.4) is 0 Å². The second kappa shape index (κ2) is 7.56. The van der Waals surface area contributed by atoms with Crippen LogP contribution in [0, 0.1) is 6.92 Å². The number of hydrazone groups is 1. The van der Waals surface area contributed by atoms with Gasteiger partial charge in [-0.15, -0.1) is 0 Å². The zero-order chi connectivity index (χ0) is 20.4. The fourth-order valence-electron chi connectivity index (χ4n) is 3.30. The summed E-state index contributed by atoms with van der Waals surface area (Å²) in [4.78, 5) is 24.1. The lowest BCUT2D eigenvalue weighted by molar-refractivity contribution is -0.133. The topological polar surface area (TPSA) is 78.8 Å². The van der Waals surface area contributed by atoms with Gasteiger partial charge in [-0.2, -0.15) is 5.10 Å². The standard InChI is InChI=1S/C24H18N2O3/c1-15-10-12-16(13-11-15)22(27)14-21(24(28)29)25-26-23-19-8-4-2-6-17(19)18-7-3-5-9-20(18)23/h2-14,25H,1H3,(H,28,29). The summed E-state index contributed by atoms with van der Waals surface area (Å²) in [5.41, 5.74) is 8.29. The lowest BCUT2D eigenvalue weighted by atomic mass is 10.1. The van der Waals surface area contributed by atoms with Gasteiger partial charge in [0.2, 0.25) is 0 Å². The highest BCUT2D eigenvalue weighted by molar-refractivity contribution is 6.24. The fourth-order valence-corrected chi connectivity index (χ4v) is 3.30. The van der Waals surface area contributed by atoms with Crippen molar-refractivity contribution >= 4 is 17.5 Å². The van der Waals surface area contributed by atoms with Gasteiger partial charge >= 0.3 is 5.97 Å². The van der Waals surface area contributed by atoms with Crippen LogP contribution in [0.15, 0.2) is 89.7 Å². The summed E-state index contributed by atoms with van der Waals surface area (Å²) in [6, 6.07) is 22.6. The summed E-state index contributed by atoms with van der Waals surface area (Å²) in [5, 5.41) is 13.9. The van der Waals surface area contributed by atoms with Crippen LogP contribution in [-0.2, 0) is 4.79 Å². The smallest absolute Gasteiger partial charge is 0.353 e. The number of ketones is 1. The Bertz CT molecular complexity index is 1130. The van der Waals surface area contributed by atoms with E-state index in [0.29, 0.717) is 11.3 Å². The average molecular weight is 382 g/mol. The van der Waals surface area contributed by atoms with Crippen molar-refractivity contribution in [2.24, 2.45) is 5.10 Å². The molecule has 0 atom stereocenters. The van der Waals surface area contributed by atoms with E-state index in [9.17, 15) is 14.7 Å². The highest BCUT2D eigenvalue weighted by Gasteiger charge is 2.24. The number of allylic oxidation sites excluding steroid dienone is 1. The van der Waals surface area contributed by atoms with Crippen molar-refractivity contribution in [2.75, 3.05) is 0 Å². The molecule has 142 valence electrons. The second-order valence-electron chi connectivity index (χ2n) is 6.76. The van der Waals surface area contributed by atoms with Crippen molar-refractivity contribution in [2.45, 2.75) is 6.92 Å². The van der Waals surface area contributed by atoms with Crippen LogP contribution in [0.2, 0.25) is 0 Å². The minimum Gasteiger partial charge on any atom is -0.477 e. The molecule has 2 N–H and O–H groups in total. The monoisotopic (exact) mass is 382 g/mol. The molecule has 1 aliphatic carbocycles. The summed E-state index contributed by atoms with van der Waals surface area (Å²) in [6.07, 6.45) is 1.06. The Morgan fingerprint density at radius 2 is 1.34 bits per heavy atom. The number of nitrogens with one attached hydrogen (secondary N) is 1. The fraction of sp³-hybridized carbons (Fsp3) is 0.0417. The molecule has 0 heterocycles. The number of hydrogen-bond donors (Lipinski definition) is 2. The first kappa shape index (κ1) is 18.4. The van der Waals surface area contributed by atoms with E-state index in [1.54, 1.807) is 12.1 Å². The molecule has 3 aromatic carbocycles. The van der Waals surface area contributed by atoms with Crippen molar-refractivity contribution in [1.29, 1.82) is 0 Å². The molecular formula is C24H18N2O3. The molecular weight excluding hydrogens is 364 g/mol. The van der Waals surface area contributed by atoms with Gasteiger partial charge in [-0.3, -0.25) is 10.2 Å². The molecule has 0 fully saturated rings. The normalized spacial score (nSPS) is 12.2. The number of nitrogens with zero attached hydrogens (tertiary/aromatic N) is 1. The Balaban J connectivity index is 1.68. The number of carbonyl (C=O) groups is 2. The summed E-state index contributed by atoms with van der Waals surface area (Å²) in [5.74, 6) is -1.66. The summed E-state index contributed by atoms with van der Waals surface area (Å²) < 4.78 is 0. The molecule has 5 heteroatoms. The third kappa shape index (κ3) is 3.58. The zero-order valence-electron chi connectivity index (χ0n) is 15.7. The second-order valence-corrected chi connectivity index (χ2v) is 6.76. The van der Waals surface area contributed by atoms with Crippen LogP contribution in [0.25, 0.3) is 11.1 Å². The molecule has 3 aromatic rings. The number of fused-ring (bicyclic) bond motifs is 3. The maximum atomic E-state index is 12.4. The SMILES string of the molecule is Cc1ccc(C(=O)C=C(NN=C2c3ccccc3-c3ccccc32)C(=O)O)cc1. The average Bonchev–Trinajstić information content (AvgIpc) is 3.05. The lowest BCUT2D eigenvalue weighted by Gasteiger charge is -2.05. The number of aliphatic carboxylic acids is 1. The minimum absolute atomic E-state index is 0.287. The van der Waals surface area contributed by atoms with E-state index >= 15 is 0 Å². The van der Waals surface area contributed by atoms with Gasteiger partial charge < -0.3 is 5.11 Å². The number of carboxylic acid groups (broad SMARTS) is 1. The van der Waals surface area contributed by atoms with Crippen molar-refractivity contribution in [3.05, 3.63) is 107 Å². The summed E-state index contributed by atoms with van der Waals surface area (Å²) in [6.45, 7) is 1.92. The number of aryl methyl sites for hydroxylation is 1. The van der Waals surface area contributed by atoms with E-state index < -0.39 is 11.8 Å². The van der Waals surface area contributed by atoms with Gasteiger partial charge in [-0.25, -0.2) is 4.79 Å². The molecule has 5 nitrogen and oxygen atoms in total. The molecule has 4 rings (SSSR count). The predicted molar refractivity (Wildman–Crippen MR) is 112 cm³/mol. The van der Waals surface area contributed by atoms with Crippen molar-refractivity contribution in [3.8, 4) is 11.1 Å². The molecule has 0 unspecified atom stereocenters. The van der Waals surface area contributed by atoms with Gasteiger partial charge in [0.15, 0.2) is 5.78 Å². The van der Waals surface area contributed by atoms with Crippen LogP contribution in [0.4, 0.5) is 0 Å². The van der Waals surface area contributed by atoms with E-state index in [-0.39, 0.29) is 5.70 Å². The molecule has 0 bridgehead atoms. The molecule has 0 amide bonds. The zero-order valence-corrected chi connectivity index (χ0v) is 15.7. The molecule has 29 heavy (non-hydrogen) atoms. The molecule has 0 aliphatic heterocycles. The molecule has 0 radical (unpaired) electrons. The van der Waals surface area contributed by atoms with Crippen LogP contribution >= 0.6 is 0 Å². The third-order valence-corrected chi connectivity index (χ3v) is 4.78. The molecule has 0 saturated carbocycles. The van der Waals surface area contributed by atoms with E-state index in [0.717, 1.165) is 33.9 Å². The number of carbonyl (C=O) groups excluding carboxylic acids is 1. The lowest BCUT2D eigenvalue weighted by Crippen LogP contribution is -2.19. The molecule has 0 saturated heterocycles. The number of rotatable bonds is 5. The van der Waals surface area contributed by atoms with Crippen LogP contribution in [0.1, 0.15) is 27.0 Å². The largest absolute Gasteiger partial charge is 0.477 e. The van der Waals surface area contributed by atoms with Crippen LogP contribution in [0.5, 0.6) is 0 Å². The van der Waals surface area contributed by atoms with Gasteiger partial charge in [0.1, 0.15) is 5.70 Å². The van der Waals surface area contributed by atoms with Gasteiger partial charge in [0.05, 0.1) is 5.71 Å². The predicted octanol–water partition coefficient (Wildman–Crippen LogP) is 4.17. The maximum Gasteiger partial charge on any atom is 0.353 e. The van der Waals surface area contributed by atoms with E-state index in [4.69, 9.17) is 0 Å². The maximum absolute atomic E-state index is 12.4. The Morgan fingerprint density at radius 3 is 1.86 bits per heavy atom. The van der Waals surface area contributed by atoms with Crippen molar-refractivity contribution in [3.63, 3.8) is 0 Å². The van der Waals surface area contributed by atoms with Crippen LogP contribution in [-0.4, -0.2) is 22.6 Å². The van der Waals surface area contributed by atoms with E-state index in [2.05, 4.69) is 10.5 Å². The Hall–Kier alpha value is -3.99. The Labute approximate surface area is 168 Å².